The SMILES string of the molecule is CCCN1CCC(NC(=O)[C@H](C)Oc2cccc(Cl)c2)CC1. The monoisotopic (exact) mass is 324 g/mol. The molecular weight excluding hydrogens is 300 g/mol. The van der Waals surface area contributed by atoms with Crippen LogP contribution in [0.15, 0.2) is 24.3 Å². The first-order chi connectivity index (χ1) is 10.6. The Morgan fingerprint density at radius 2 is 2.18 bits per heavy atom. The zero-order chi connectivity index (χ0) is 15.9. The number of nitrogens with one attached hydrogen (secondary N) is 1. The molecule has 0 spiro atoms. The number of ether oxygens (including phenoxy) is 1. The number of carbonyl (C=O) groups is 1. The second-order valence-corrected chi connectivity index (χ2v) is 6.28. The lowest BCUT2D eigenvalue weighted by Crippen LogP contribution is -2.48. The molecule has 22 heavy (non-hydrogen) atoms. The van der Waals surface area contributed by atoms with E-state index in [-0.39, 0.29) is 11.9 Å². The van der Waals surface area contributed by atoms with Crippen LogP contribution in [0.2, 0.25) is 5.02 Å². The van der Waals surface area contributed by atoms with Crippen LogP contribution in [0, 0.1) is 0 Å². The topological polar surface area (TPSA) is 41.6 Å². The third kappa shape index (κ3) is 5.18. The van der Waals surface area contributed by atoms with Crippen LogP contribution >= 0.6 is 11.6 Å². The Morgan fingerprint density at radius 1 is 1.45 bits per heavy atom. The first kappa shape index (κ1) is 17.1. The van der Waals surface area contributed by atoms with Gasteiger partial charge >= 0.3 is 0 Å². The highest BCUT2D eigenvalue weighted by molar-refractivity contribution is 6.30. The van der Waals surface area contributed by atoms with Gasteiger partial charge in [-0.25, -0.2) is 0 Å². The van der Waals surface area contributed by atoms with E-state index in [9.17, 15) is 4.79 Å². The molecule has 1 amide bonds. The van der Waals surface area contributed by atoms with Crippen LogP contribution in [0.4, 0.5) is 0 Å². The molecule has 1 aliphatic rings. The zero-order valence-corrected chi connectivity index (χ0v) is 14.1. The predicted octanol–water partition coefficient (Wildman–Crippen LogP) is 3.10. The van der Waals surface area contributed by atoms with Crippen LogP contribution in [0.5, 0.6) is 5.75 Å². The van der Waals surface area contributed by atoms with Crippen molar-refractivity contribution in [3.63, 3.8) is 0 Å². The fourth-order valence-electron chi connectivity index (χ4n) is 2.73. The summed E-state index contributed by atoms with van der Waals surface area (Å²) < 4.78 is 5.65. The number of benzene rings is 1. The maximum absolute atomic E-state index is 12.2. The fourth-order valence-corrected chi connectivity index (χ4v) is 2.91. The lowest BCUT2D eigenvalue weighted by Gasteiger charge is -2.32. The molecule has 1 fully saturated rings. The van der Waals surface area contributed by atoms with Gasteiger partial charge in [0, 0.05) is 24.2 Å². The summed E-state index contributed by atoms with van der Waals surface area (Å²) in [5.74, 6) is 0.557. The lowest BCUT2D eigenvalue weighted by molar-refractivity contribution is -0.128. The fraction of sp³-hybridized carbons (Fsp3) is 0.588. The summed E-state index contributed by atoms with van der Waals surface area (Å²) in [6, 6.07) is 7.37. The van der Waals surface area contributed by atoms with Gasteiger partial charge in [-0.15, -0.1) is 0 Å². The Balaban J connectivity index is 1.77. The third-order valence-corrected chi connectivity index (χ3v) is 4.19. The smallest absolute Gasteiger partial charge is 0.260 e. The largest absolute Gasteiger partial charge is 0.481 e. The van der Waals surface area contributed by atoms with E-state index in [1.54, 1.807) is 25.1 Å². The number of amides is 1. The van der Waals surface area contributed by atoms with Gasteiger partial charge in [-0.2, -0.15) is 0 Å². The molecule has 0 bridgehead atoms. The van der Waals surface area contributed by atoms with E-state index in [0.717, 1.165) is 32.5 Å². The summed E-state index contributed by atoms with van der Waals surface area (Å²) in [5.41, 5.74) is 0. The number of rotatable bonds is 6. The van der Waals surface area contributed by atoms with Crippen molar-refractivity contribution >= 4 is 17.5 Å². The van der Waals surface area contributed by atoms with Gasteiger partial charge in [0.1, 0.15) is 5.75 Å². The molecule has 5 heteroatoms. The minimum atomic E-state index is -0.521. The maximum atomic E-state index is 12.2. The van der Waals surface area contributed by atoms with Crippen molar-refractivity contribution in [3.8, 4) is 5.75 Å². The van der Waals surface area contributed by atoms with Crippen molar-refractivity contribution in [1.29, 1.82) is 0 Å². The van der Waals surface area contributed by atoms with E-state index in [2.05, 4.69) is 17.1 Å². The van der Waals surface area contributed by atoms with Crippen LogP contribution in [-0.2, 0) is 4.79 Å². The molecule has 1 aromatic rings. The highest BCUT2D eigenvalue weighted by atomic mass is 35.5. The van der Waals surface area contributed by atoms with E-state index >= 15 is 0 Å². The Labute approximate surface area is 137 Å². The second kappa shape index (κ2) is 8.39. The molecule has 1 aromatic carbocycles. The number of nitrogens with zero attached hydrogens (tertiary/aromatic N) is 1. The van der Waals surface area contributed by atoms with Gasteiger partial charge in [-0.05, 0) is 50.9 Å². The molecule has 4 nitrogen and oxygen atoms in total. The maximum Gasteiger partial charge on any atom is 0.260 e. The van der Waals surface area contributed by atoms with Gasteiger partial charge in [-0.3, -0.25) is 4.79 Å². The highest BCUT2D eigenvalue weighted by Gasteiger charge is 2.23. The highest BCUT2D eigenvalue weighted by Crippen LogP contribution is 2.18. The predicted molar refractivity (Wildman–Crippen MR) is 89.4 cm³/mol. The normalized spacial score (nSPS) is 18.0. The van der Waals surface area contributed by atoms with Crippen LogP contribution in [0.3, 0.4) is 0 Å². The molecule has 2 rings (SSSR count). The van der Waals surface area contributed by atoms with Crippen LogP contribution in [-0.4, -0.2) is 42.6 Å². The first-order valence-electron chi connectivity index (χ1n) is 8.03. The van der Waals surface area contributed by atoms with Crippen molar-refractivity contribution in [2.45, 2.75) is 45.3 Å². The third-order valence-electron chi connectivity index (χ3n) is 3.95. The Hall–Kier alpha value is -1.26. The molecule has 1 heterocycles. The molecule has 1 atom stereocenters. The number of hydrogen-bond acceptors (Lipinski definition) is 3. The van der Waals surface area contributed by atoms with Gasteiger partial charge < -0.3 is 15.0 Å². The number of halogens is 1. The lowest BCUT2D eigenvalue weighted by atomic mass is 10.0. The summed E-state index contributed by atoms with van der Waals surface area (Å²) in [4.78, 5) is 14.7. The van der Waals surface area contributed by atoms with E-state index in [4.69, 9.17) is 16.3 Å². The molecule has 1 N–H and O–H groups in total. The molecule has 0 saturated carbocycles. The number of carbonyl (C=O) groups excluding carboxylic acids is 1. The Morgan fingerprint density at radius 3 is 2.82 bits per heavy atom. The average molecular weight is 325 g/mol. The number of hydrogen-bond donors (Lipinski definition) is 1. The molecular formula is C17H25ClN2O2. The van der Waals surface area contributed by atoms with E-state index < -0.39 is 6.10 Å². The Kier molecular flexibility index (Phi) is 6.52. The number of piperidine rings is 1. The van der Waals surface area contributed by atoms with Crippen molar-refractivity contribution in [2.24, 2.45) is 0 Å². The molecule has 0 unspecified atom stereocenters. The van der Waals surface area contributed by atoms with Crippen LogP contribution in [0.1, 0.15) is 33.1 Å². The minimum absolute atomic E-state index is 0.0612. The summed E-state index contributed by atoms with van der Waals surface area (Å²) in [6.45, 7) is 7.23. The molecule has 0 aromatic heterocycles. The van der Waals surface area contributed by atoms with Gasteiger partial charge in [0.05, 0.1) is 0 Å². The van der Waals surface area contributed by atoms with Crippen molar-refractivity contribution in [3.05, 3.63) is 29.3 Å². The van der Waals surface area contributed by atoms with E-state index in [1.165, 1.54) is 6.42 Å². The van der Waals surface area contributed by atoms with Gasteiger partial charge in [-0.1, -0.05) is 24.6 Å². The molecule has 0 aliphatic carbocycles. The zero-order valence-electron chi connectivity index (χ0n) is 13.3. The quantitative estimate of drug-likeness (QED) is 0.874. The number of likely N-dealkylation sites (tertiary alicyclic amines) is 1. The van der Waals surface area contributed by atoms with Gasteiger partial charge in [0.2, 0.25) is 0 Å². The van der Waals surface area contributed by atoms with E-state index in [1.807, 2.05) is 6.07 Å². The second-order valence-electron chi connectivity index (χ2n) is 5.84. The Bertz CT molecular complexity index is 487. The van der Waals surface area contributed by atoms with Crippen molar-refractivity contribution < 1.29 is 9.53 Å². The van der Waals surface area contributed by atoms with Gasteiger partial charge in [0.15, 0.2) is 6.10 Å². The van der Waals surface area contributed by atoms with Crippen molar-refractivity contribution in [2.75, 3.05) is 19.6 Å². The summed E-state index contributed by atoms with van der Waals surface area (Å²) in [7, 11) is 0. The summed E-state index contributed by atoms with van der Waals surface area (Å²) >= 11 is 5.92. The van der Waals surface area contributed by atoms with Crippen LogP contribution < -0.4 is 10.1 Å². The first-order valence-corrected chi connectivity index (χ1v) is 8.41. The van der Waals surface area contributed by atoms with E-state index in [0.29, 0.717) is 10.8 Å². The summed E-state index contributed by atoms with van der Waals surface area (Å²) in [5, 5.41) is 3.70. The minimum Gasteiger partial charge on any atom is -0.481 e. The summed E-state index contributed by atoms with van der Waals surface area (Å²) in [6.07, 6.45) is 2.68. The van der Waals surface area contributed by atoms with Crippen molar-refractivity contribution in [1.82, 2.24) is 10.2 Å². The molecule has 0 radical (unpaired) electrons. The molecule has 1 saturated heterocycles. The molecule has 122 valence electrons. The average Bonchev–Trinajstić information content (AvgIpc) is 2.49. The standard InChI is InChI=1S/C17H25ClN2O2/c1-3-9-20-10-7-15(8-11-20)19-17(21)13(2)22-16-6-4-5-14(18)12-16/h4-6,12-13,15H,3,7-11H2,1-2H3,(H,19,21)/t13-/m0/s1. The molecule has 1 aliphatic heterocycles. The van der Waals surface area contributed by atoms with Gasteiger partial charge in [0.25, 0.3) is 5.91 Å². The van der Waals surface area contributed by atoms with Crippen LogP contribution in [0.25, 0.3) is 0 Å².